The Hall–Kier alpha value is -1.10. The minimum Gasteiger partial charge on any atom is -0.496 e. The van der Waals surface area contributed by atoms with Crippen molar-refractivity contribution in [1.82, 2.24) is 4.90 Å². The number of aliphatic hydroxyl groups excluding tert-OH is 1. The molecule has 1 saturated heterocycles. The van der Waals surface area contributed by atoms with Crippen LogP contribution in [-0.4, -0.2) is 36.3 Å². The Morgan fingerprint density at radius 1 is 1.40 bits per heavy atom. The molecule has 2 rings (SSSR count). The van der Waals surface area contributed by atoms with Crippen molar-refractivity contribution in [1.29, 1.82) is 0 Å². The predicted octanol–water partition coefficient (Wildman–Crippen LogP) is 1.89. The first kappa shape index (κ1) is 15.3. The number of likely N-dealkylation sites (tertiary alicyclic amines) is 1. The molecule has 0 bridgehead atoms. The number of benzene rings is 1. The summed E-state index contributed by atoms with van der Waals surface area (Å²) in [6.45, 7) is 2.82. The van der Waals surface area contributed by atoms with Crippen LogP contribution in [0.5, 0.6) is 5.75 Å². The number of ether oxygens (including phenoxy) is 1. The molecule has 0 radical (unpaired) electrons. The Kier molecular flexibility index (Phi) is 5.83. The van der Waals surface area contributed by atoms with Gasteiger partial charge in [0, 0.05) is 31.3 Å². The van der Waals surface area contributed by atoms with Crippen LogP contribution in [0.2, 0.25) is 0 Å². The number of rotatable bonds is 6. The second kappa shape index (κ2) is 7.62. The fourth-order valence-electron chi connectivity index (χ4n) is 3.07. The van der Waals surface area contributed by atoms with Gasteiger partial charge in [-0.3, -0.25) is 4.90 Å². The molecule has 20 heavy (non-hydrogen) atoms. The van der Waals surface area contributed by atoms with Crippen LogP contribution >= 0.6 is 0 Å². The third-order valence-corrected chi connectivity index (χ3v) is 4.16. The number of piperidine rings is 1. The summed E-state index contributed by atoms with van der Waals surface area (Å²) >= 11 is 0. The van der Waals surface area contributed by atoms with E-state index in [1.807, 2.05) is 6.07 Å². The van der Waals surface area contributed by atoms with Crippen molar-refractivity contribution < 1.29 is 9.84 Å². The molecule has 0 aromatic heterocycles. The third-order valence-electron chi connectivity index (χ3n) is 4.16. The van der Waals surface area contributed by atoms with E-state index >= 15 is 0 Å². The lowest BCUT2D eigenvalue weighted by Gasteiger charge is -2.35. The second-order valence-electron chi connectivity index (χ2n) is 5.48. The van der Waals surface area contributed by atoms with Gasteiger partial charge in [0.15, 0.2) is 0 Å². The van der Waals surface area contributed by atoms with Crippen molar-refractivity contribution in [2.24, 2.45) is 5.73 Å². The van der Waals surface area contributed by atoms with Gasteiger partial charge in [0.05, 0.1) is 7.11 Å². The van der Waals surface area contributed by atoms with E-state index < -0.39 is 0 Å². The van der Waals surface area contributed by atoms with Crippen LogP contribution in [0.25, 0.3) is 0 Å². The fraction of sp³-hybridized carbons (Fsp3) is 0.625. The molecule has 1 fully saturated rings. The Morgan fingerprint density at radius 3 is 2.95 bits per heavy atom. The van der Waals surface area contributed by atoms with E-state index in [-0.39, 0.29) is 6.61 Å². The van der Waals surface area contributed by atoms with Crippen LogP contribution < -0.4 is 10.5 Å². The summed E-state index contributed by atoms with van der Waals surface area (Å²) in [5, 5.41) is 9.19. The number of methoxy groups -OCH3 is 1. The minimum absolute atomic E-state index is 0.276. The lowest BCUT2D eigenvalue weighted by molar-refractivity contribution is 0.112. The SMILES string of the molecule is COc1ccc(CN2CCCCC2CCO)cc1CN. The van der Waals surface area contributed by atoms with Crippen molar-refractivity contribution in [3.05, 3.63) is 29.3 Å². The van der Waals surface area contributed by atoms with Gasteiger partial charge in [-0.2, -0.15) is 0 Å². The van der Waals surface area contributed by atoms with Crippen LogP contribution in [0.4, 0.5) is 0 Å². The average Bonchev–Trinajstić information content (AvgIpc) is 2.49. The molecule has 1 aromatic rings. The van der Waals surface area contributed by atoms with Crippen LogP contribution in [0.1, 0.15) is 36.8 Å². The summed E-state index contributed by atoms with van der Waals surface area (Å²) in [6, 6.07) is 6.77. The Morgan fingerprint density at radius 2 is 2.25 bits per heavy atom. The molecule has 1 aromatic carbocycles. The standard InChI is InChI=1S/C16H26N2O2/c1-20-16-6-5-13(10-14(16)11-17)12-18-8-3-2-4-15(18)7-9-19/h5-6,10,15,19H,2-4,7-9,11-12,17H2,1H3. The zero-order chi connectivity index (χ0) is 14.4. The molecular weight excluding hydrogens is 252 g/mol. The topological polar surface area (TPSA) is 58.7 Å². The number of aliphatic hydroxyl groups is 1. The highest BCUT2D eigenvalue weighted by molar-refractivity contribution is 5.37. The van der Waals surface area contributed by atoms with Crippen LogP contribution in [0.15, 0.2) is 18.2 Å². The van der Waals surface area contributed by atoms with E-state index in [0.29, 0.717) is 12.6 Å². The highest BCUT2D eigenvalue weighted by Gasteiger charge is 2.22. The van der Waals surface area contributed by atoms with E-state index in [1.54, 1.807) is 7.11 Å². The van der Waals surface area contributed by atoms with Gasteiger partial charge in [-0.15, -0.1) is 0 Å². The van der Waals surface area contributed by atoms with Gasteiger partial charge in [0.1, 0.15) is 5.75 Å². The molecule has 0 aliphatic carbocycles. The fourth-order valence-corrected chi connectivity index (χ4v) is 3.07. The van der Waals surface area contributed by atoms with Crippen molar-refractivity contribution in [3.63, 3.8) is 0 Å². The Bertz CT molecular complexity index is 421. The lowest BCUT2D eigenvalue weighted by Crippen LogP contribution is -2.39. The molecule has 0 saturated carbocycles. The first-order chi connectivity index (χ1) is 9.78. The van der Waals surface area contributed by atoms with Crippen molar-refractivity contribution >= 4 is 0 Å². The smallest absolute Gasteiger partial charge is 0.123 e. The van der Waals surface area contributed by atoms with Gasteiger partial charge in [-0.1, -0.05) is 12.5 Å². The summed E-state index contributed by atoms with van der Waals surface area (Å²) in [4.78, 5) is 2.49. The average molecular weight is 278 g/mol. The van der Waals surface area contributed by atoms with Crippen molar-refractivity contribution in [2.75, 3.05) is 20.3 Å². The quantitative estimate of drug-likeness (QED) is 0.834. The van der Waals surface area contributed by atoms with Crippen molar-refractivity contribution in [2.45, 2.75) is 44.8 Å². The number of hydrogen-bond donors (Lipinski definition) is 2. The predicted molar refractivity (Wildman–Crippen MR) is 80.6 cm³/mol. The zero-order valence-electron chi connectivity index (χ0n) is 12.3. The molecule has 1 aliphatic heterocycles. The first-order valence-electron chi connectivity index (χ1n) is 7.49. The zero-order valence-corrected chi connectivity index (χ0v) is 12.3. The number of nitrogens with zero attached hydrogens (tertiary/aromatic N) is 1. The highest BCUT2D eigenvalue weighted by Crippen LogP contribution is 2.24. The Balaban J connectivity index is 2.07. The molecule has 1 aliphatic rings. The molecule has 1 unspecified atom stereocenters. The van der Waals surface area contributed by atoms with Gasteiger partial charge in [0.2, 0.25) is 0 Å². The molecule has 1 atom stereocenters. The largest absolute Gasteiger partial charge is 0.496 e. The van der Waals surface area contributed by atoms with Crippen LogP contribution in [0, 0.1) is 0 Å². The van der Waals surface area contributed by atoms with Gasteiger partial charge < -0.3 is 15.6 Å². The second-order valence-corrected chi connectivity index (χ2v) is 5.48. The molecule has 0 amide bonds. The molecule has 112 valence electrons. The third kappa shape index (κ3) is 3.72. The van der Waals surface area contributed by atoms with E-state index in [0.717, 1.165) is 30.8 Å². The van der Waals surface area contributed by atoms with E-state index in [9.17, 15) is 5.11 Å². The molecule has 4 nitrogen and oxygen atoms in total. The monoisotopic (exact) mass is 278 g/mol. The molecule has 1 heterocycles. The molecule has 0 spiro atoms. The minimum atomic E-state index is 0.276. The summed E-state index contributed by atoms with van der Waals surface area (Å²) in [7, 11) is 1.68. The maximum atomic E-state index is 9.19. The van der Waals surface area contributed by atoms with Gasteiger partial charge in [-0.25, -0.2) is 0 Å². The highest BCUT2D eigenvalue weighted by atomic mass is 16.5. The van der Waals surface area contributed by atoms with E-state index in [1.165, 1.54) is 24.8 Å². The molecule has 4 heteroatoms. The summed E-state index contributed by atoms with van der Waals surface area (Å²) in [5.41, 5.74) is 8.11. The number of nitrogens with two attached hydrogens (primary N) is 1. The van der Waals surface area contributed by atoms with Gasteiger partial charge in [0.25, 0.3) is 0 Å². The maximum absolute atomic E-state index is 9.19. The van der Waals surface area contributed by atoms with Gasteiger partial charge >= 0.3 is 0 Å². The molecule has 3 N–H and O–H groups in total. The Labute approximate surface area is 121 Å². The molecular formula is C16H26N2O2. The van der Waals surface area contributed by atoms with Crippen LogP contribution in [-0.2, 0) is 13.1 Å². The van der Waals surface area contributed by atoms with E-state index in [4.69, 9.17) is 10.5 Å². The normalized spacial score (nSPS) is 20.1. The van der Waals surface area contributed by atoms with Gasteiger partial charge in [-0.05, 0) is 43.5 Å². The number of hydrogen-bond acceptors (Lipinski definition) is 4. The summed E-state index contributed by atoms with van der Waals surface area (Å²) in [5.74, 6) is 0.863. The van der Waals surface area contributed by atoms with Crippen molar-refractivity contribution in [3.8, 4) is 5.75 Å². The van der Waals surface area contributed by atoms with Crippen LogP contribution in [0.3, 0.4) is 0 Å². The summed E-state index contributed by atoms with van der Waals surface area (Å²) in [6.07, 6.45) is 4.60. The summed E-state index contributed by atoms with van der Waals surface area (Å²) < 4.78 is 5.31. The lowest BCUT2D eigenvalue weighted by atomic mass is 9.98. The van der Waals surface area contributed by atoms with E-state index in [2.05, 4.69) is 17.0 Å². The maximum Gasteiger partial charge on any atom is 0.123 e. The first-order valence-corrected chi connectivity index (χ1v) is 7.49.